The zero-order valence-corrected chi connectivity index (χ0v) is 14.9. The van der Waals surface area contributed by atoms with Gasteiger partial charge < -0.3 is 10.2 Å². The monoisotopic (exact) mass is 327 g/mol. The van der Waals surface area contributed by atoms with Crippen LogP contribution in [-0.2, 0) is 11.3 Å². The number of nitrogens with zero attached hydrogens (tertiary/aromatic N) is 2. The molecule has 1 aliphatic rings. The second kappa shape index (κ2) is 9.34. The Hall–Kier alpha value is -1.99. The van der Waals surface area contributed by atoms with E-state index in [0.717, 1.165) is 44.6 Å². The maximum absolute atomic E-state index is 12.3. The fraction of sp³-hybridized carbons (Fsp3) is 0.550. The van der Waals surface area contributed by atoms with Crippen molar-refractivity contribution >= 4 is 11.6 Å². The summed E-state index contributed by atoms with van der Waals surface area (Å²) in [7, 11) is 0. The van der Waals surface area contributed by atoms with Gasteiger partial charge in [0.05, 0.1) is 6.54 Å². The molecule has 0 saturated carbocycles. The van der Waals surface area contributed by atoms with E-state index in [1.807, 2.05) is 0 Å². The number of amides is 1. The van der Waals surface area contributed by atoms with Gasteiger partial charge in [0, 0.05) is 31.2 Å². The van der Waals surface area contributed by atoms with E-state index in [-0.39, 0.29) is 11.8 Å². The van der Waals surface area contributed by atoms with E-state index < -0.39 is 0 Å². The van der Waals surface area contributed by atoms with E-state index in [1.54, 1.807) is 0 Å². The minimum Gasteiger partial charge on any atom is -0.372 e. The first-order valence-corrected chi connectivity index (χ1v) is 8.95. The molecule has 1 aromatic rings. The highest BCUT2D eigenvalue weighted by atomic mass is 16.1. The van der Waals surface area contributed by atoms with Crippen LogP contribution < -0.4 is 10.2 Å². The first-order valence-electron chi connectivity index (χ1n) is 8.95. The lowest BCUT2D eigenvalue weighted by molar-refractivity contribution is -0.126. The zero-order valence-electron chi connectivity index (χ0n) is 14.9. The highest BCUT2D eigenvalue weighted by Gasteiger charge is 2.24. The summed E-state index contributed by atoms with van der Waals surface area (Å²) in [5.41, 5.74) is 2.37. The van der Waals surface area contributed by atoms with Crippen molar-refractivity contribution in [1.82, 2.24) is 10.2 Å². The third-order valence-electron chi connectivity index (χ3n) is 4.80. The summed E-state index contributed by atoms with van der Waals surface area (Å²) in [5.74, 6) is 2.96. The lowest BCUT2D eigenvalue weighted by Gasteiger charge is -2.29. The van der Waals surface area contributed by atoms with Crippen LogP contribution in [0.5, 0.6) is 0 Å². The molecule has 1 saturated heterocycles. The summed E-state index contributed by atoms with van der Waals surface area (Å²) in [6, 6.07) is 8.46. The molecule has 130 valence electrons. The van der Waals surface area contributed by atoms with Gasteiger partial charge in [0.15, 0.2) is 0 Å². The van der Waals surface area contributed by atoms with E-state index in [9.17, 15) is 4.79 Å². The molecule has 1 aliphatic heterocycles. The van der Waals surface area contributed by atoms with Gasteiger partial charge in [-0.3, -0.25) is 9.69 Å². The van der Waals surface area contributed by atoms with Crippen molar-refractivity contribution in [2.75, 3.05) is 37.6 Å². The molecule has 0 aliphatic carbocycles. The van der Waals surface area contributed by atoms with E-state index >= 15 is 0 Å². The van der Waals surface area contributed by atoms with Crippen LogP contribution in [0.1, 0.15) is 32.3 Å². The third-order valence-corrected chi connectivity index (χ3v) is 4.80. The van der Waals surface area contributed by atoms with Crippen molar-refractivity contribution in [2.24, 2.45) is 5.92 Å². The summed E-state index contributed by atoms with van der Waals surface area (Å²) >= 11 is 0. The van der Waals surface area contributed by atoms with Crippen LogP contribution in [0.3, 0.4) is 0 Å². The minimum atomic E-state index is 0.119. The Labute approximate surface area is 146 Å². The van der Waals surface area contributed by atoms with Crippen LogP contribution in [0, 0.1) is 18.3 Å². The molecule has 1 amide bonds. The lowest BCUT2D eigenvalue weighted by Crippen LogP contribution is -2.40. The van der Waals surface area contributed by atoms with Gasteiger partial charge in [-0.25, -0.2) is 0 Å². The molecule has 1 N–H and O–H groups in total. The first kappa shape index (κ1) is 18.4. The van der Waals surface area contributed by atoms with Crippen molar-refractivity contribution in [1.29, 1.82) is 0 Å². The van der Waals surface area contributed by atoms with Crippen LogP contribution in [0.2, 0.25) is 0 Å². The van der Waals surface area contributed by atoms with Gasteiger partial charge in [0.1, 0.15) is 0 Å². The van der Waals surface area contributed by atoms with Crippen LogP contribution in [0.4, 0.5) is 5.69 Å². The quantitative estimate of drug-likeness (QED) is 0.782. The van der Waals surface area contributed by atoms with Gasteiger partial charge in [-0.1, -0.05) is 18.1 Å². The van der Waals surface area contributed by atoms with Gasteiger partial charge in [0.2, 0.25) is 5.91 Å². The molecule has 4 heteroatoms. The van der Waals surface area contributed by atoms with Gasteiger partial charge >= 0.3 is 0 Å². The normalized spacial score (nSPS) is 15.7. The molecule has 24 heavy (non-hydrogen) atoms. The summed E-state index contributed by atoms with van der Waals surface area (Å²) < 4.78 is 0. The summed E-state index contributed by atoms with van der Waals surface area (Å²) in [5, 5.41) is 3.08. The predicted molar refractivity (Wildman–Crippen MR) is 99.8 cm³/mol. The van der Waals surface area contributed by atoms with Crippen LogP contribution in [0.25, 0.3) is 0 Å². The van der Waals surface area contributed by atoms with Gasteiger partial charge in [-0.05, 0) is 57.5 Å². The molecule has 2 rings (SSSR count). The average Bonchev–Trinajstić information content (AvgIpc) is 2.63. The van der Waals surface area contributed by atoms with E-state index in [2.05, 4.69) is 59.1 Å². The second-order valence-electron chi connectivity index (χ2n) is 6.31. The van der Waals surface area contributed by atoms with Crippen molar-refractivity contribution < 1.29 is 4.79 Å². The fourth-order valence-electron chi connectivity index (χ4n) is 3.23. The van der Waals surface area contributed by atoms with Crippen molar-refractivity contribution in [3.05, 3.63) is 29.8 Å². The highest BCUT2D eigenvalue weighted by molar-refractivity contribution is 5.78. The van der Waals surface area contributed by atoms with Crippen molar-refractivity contribution in [3.63, 3.8) is 0 Å². The van der Waals surface area contributed by atoms with Crippen LogP contribution in [-0.4, -0.2) is 43.5 Å². The fourth-order valence-corrected chi connectivity index (χ4v) is 3.23. The molecule has 0 spiro atoms. The Morgan fingerprint density at radius 2 is 1.88 bits per heavy atom. The van der Waals surface area contributed by atoms with Crippen molar-refractivity contribution in [3.8, 4) is 12.3 Å². The second-order valence-corrected chi connectivity index (χ2v) is 6.31. The van der Waals surface area contributed by atoms with E-state index in [1.165, 1.54) is 5.69 Å². The number of carbonyl (C=O) groups excluding carboxylic acids is 1. The predicted octanol–water partition coefficient (Wildman–Crippen LogP) is 2.49. The molecule has 1 fully saturated rings. The summed E-state index contributed by atoms with van der Waals surface area (Å²) in [6.45, 7) is 9.45. The molecule has 0 atom stereocenters. The minimum absolute atomic E-state index is 0.119. The van der Waals surface area contributed by atoms with E-state index in [4.69, 9.17) is 6.42 Å². The SMILES string of the molecule is C#CCN1CCC(C(=O)NCc2ccc(N(CC)CC)cc2)CC1. The van der Waals surface area contributed by atoms with E-state index in [0.29, 0.717) is 13.1 Å². The maximum atomic E-state index is 12.3. The first-order chi connectivity index (χ1) is 11.7. The zero-order chi connectivity index (χ0) is 17.4. The van der Waals surface area contributed by atoms with Gasteiger partial charge in [-0.2, -0.15) is 0 Å². The Morgan fingerprint density at radius 1 is 1.25 bits per heavy atom. The average molecular weight is 327 g/mol. The van der Waals surface area contributed by atoms with Gasteiger partial charge in [-0.15, -0.1) is 6.42 Å². The molecule has 1 aromatic carbocycles. The number of anilines is 1. The Kier molecular flexibility index (Phi) is 7.14. The number of rotatable bonds is 7. The number of hydrogen-bond acceptors (Lipinski definition) is 3. The molecule has 0 radical (unpaired) electrons. The van der Waals surface area contributed by atoms with Crippen LogP contribution in [0.15, 0.2) is 24.3 Å². The Balaban J connectivity index is 1.79. The smallest absolute Gasteiger partial charge is 0.223 e. The largest absolute Gasteiger partial charge is 0.372 e. The topological polar surface area (TPSA) is 35.6 Å². The van der Waals surface area contributed by atoms with Gasteiger partial charge in [0.25, 0.3) is 0 Å². The Bertz CT molecular complexity index is 549. The molecule has 0 bridgehead atoms. The third kappa shape index (κ3) is 5.01. The molecule has 0 unspecified atom stereocenters. The molecule has 4 nitrogen and oxygen atoms in total. The summed E-state index contributed by atoms with van der Waals surface area (Å²) in [4.78, 5) is 16.9. The molecule has 0 aromatic heterocycles. The number of benzene rings is 1. The lowest BCUT2D eigenvalue weighted by atomic mass is 9.96. The molecular formula is C20H29N3O. The van der Waals surface area contributed by atoms with Crippen molar-refractivity contribution in [2.45, 2.75) is 33.2 Å². The molecular weight excluding hydrogens is 298 g/mol. The number of likely N-dealkylation sites (tertiary alicyclic amines) is 1. The Morgan fingerprint density at radius 3 is 2.42 bits per heavy atom. The van der Waals surface area contributed by atoms with Crippen LogP contribution >= 0.6 is 0 Å². The number of carbonyl (C=O) groups is 1. The highest BCUT2D eigenvalue weighted by Crippen LogP contribution is 2.18. The number of hydrogen-bond donors (Lipinski definition) is 1. The standard InChI is InChI=1S/C20H29N3O/c1-4-13-22-14-11-18(12-15-22)20(24)21-16-17-7-9-19(10-8-17)23(5-2)6-3/h1,7-10,18H,5-6,11-16H2,2-3H3,(H,21,24). The number of piperidine rings is 1. The maximum Gasteiger partial charge on any atom is 0.223 e. The number of terminal acetylenes is 1. The number of nitrogens with one attached hydrogen (secondary N) is 1. The summed E-state index contributed by atoms with van der Waals surface area (Å²) in [6.07, 6.45) is 7.13. The molecule has 1 heterocycles.